The van der Waals surface area contributed by atoms with E-state index < -0.39 is 0 Å². The second-order valence-electron chi connectivity index (χ2n) is 4.73. The Balaban J connectivity index is 1.83. The normalized spacial score (nSPS) is 15.6. The Morgan fingerprint density at radius 3 is 2.94 bits per heavy atom. The lowest BCUT2D eigenvalue weighted by atomic mass is 10.3. The third-order valence-corrected chi connectivity index (χ3v) is 3.11. The molecule has 0 bridgehead atoms. The molecule has 2 aromatic heterocycles. The fourth-order valence-corrected chi connectivity index (χ4v) is 2.14. The lowest BCUT2D eigenvalue weighted by Gasteiger charge is -2.04. The highest BCUT2D eigenvalue weighted by Gasteiger charge is 2.20. The zero-order chi connectivity index (χ0) is 11.8. The van der Waals surface area contributed by atoms with Crippen molar-refractivity contribution in [2.75, 3.05) is 6.54 Å². The van der Waals surface area contributed by atoms with Crippen LogP contribution in [0.4, 0.5) is 0 Å². The van der Waals surface area contributed by atoms with Crippen LogP contribution >= 0.6 is 0 Å². The highest BCUT2D eigenvalue weighted by atomic mass is 15.3. The van der Waals surface area contributed by atoms with Crippen molar-refractivity contribution in [1.29, 1.82) is 0 Å². The molecule has 3 rings (SSSR count). The predicted molar refractivity (Wildman–Crippen MR) is 65.0 cm³/mol. The van der Waals surface area contributed by atoms with Gasteiger partial charge in [0.15, 0.2) is 5.65 Å². The molecule has 0 amide bonds. The topological polar surface area (TPSA) is 55.1 Å². The number of rotatable bonds is 4. The molecule has 0 aromatic carbocycles. The van der Waals surface area contributed by atoms with Crippen LogP contribution in [-0.2, 0) is 6.42 Å². The number of nitrogens with one attached hydrogen (secondary N) is 1. The van der Waals surface area contributed by atoms with Gasteiger partial charge >= 0.3 is 0 Å². The fraction of sp³-hybridized carbons (Fsp3) is 0.583. The van der Waals surface area contributed by atoms with Crippen LogP contribution in [0.5, 0.6) is 0 Å². The third kappa shape index (κ3) is 2.15. The van der Waals surface area contributed by atoms with Gasteiger partial charge in [-0.15, -0.1) is 10.2 Å². The van der Waals surface area contributed by atoms with Crippen LogP contribution in [0.15, 0.2) is 6.07 Å². The van der Waals surface area contributed by atoms with E-state index in [4.69, 9.17) is 0 Å². The minimum absolute atomic E-state index is 0.746. The SMILES string of the molecule is Cc1cc2nnc(CCNC3CC3)n2c(C)n1. The minimum atomic E-state index is 0.746. The van der Waals surface area contributed by atoms with E-state index in [0.29, 0.717) is 0 Å². The summed E-state index contributed by atoms with van der Waals surface area (Å²) in [5.41, 5.74) is 1.89. The molecule has 0 atom stereocenters. The van der Waals surface area contributed by atoms with Crippen LogP contribution in [0.3, 0.4) is 0 Å². The molecule has 0 radical (unpaired) electrons. The van der Waals surface area contributed by atoms with E-state index in [-0.39, 0.29) is 0 Å². The average molecular weight is 231 g/mol. The van der Waals surface area contributed by atoms with E-state index in [0.717, 1.165) is 42.0 Å². The first-order valence-electron chi connectivity index (χ1n) is 6.15. The molecule has 90 valence electrons. The summed E-state index contributed by atoms with van der Waals surface area (Å²) in [6.07, 6.45) is 3.55. The van der Waals surface area contributed by atoms with Crippen LogP contribution in [0.2, 0.25) is 0 Å². The number of nitrogens with zero attached hydrogens (tertiary/aromatic N) is 4. The fourth-order valence-electron chi connectivity index (χ4n) is 2.14. The summed E-state index contributed by atoms with van der Waals surface area (Å²) in [5, 5.41) is 11.9. The summed E-state index contributed by atoms with van der Waals surface area (Å²) in [5.74, 6) is 1.96. The predicted octanol–water partition coefficient (Wildman–Crippen LogP) is 1.04. The van der Waals surface area contributed by atoms with Crippen LogP contribution in [0.25, 0.3) is 5.65 Å². The molecule has 0 saturated heterocycles. The molecule has 2 aromatic rings. The Hall–Kier alpha value is -1.49. The van der Waals surface area contributed by atoms with Gasteiger partial charge in [-0.2, -0.15) is 0 Å². The van der Waals surface area contributed by atoms with Gasteiger partial charge in [-0.3, -0.25) is 4.40 Å². The molecule has 17 heavy (non-hydrogen) atoms. The Kier molecular flexibility index (Phi) is 2.55. The molecule has 1 aliphatic rings. The van der Waals surface area contributed by atoms with Crippen LogP contribution in [-0.4, -0.2) is 32.2 Å². The monoisotopic (exact) mass is 231 g/mol. The molecule has 1 fully saturated rings. The molecule has 5 nitrogen and oxygen atoms in total. The van der Waals surface area contributed by atoms with Crippen LogP contribution in [0.1, 0.15) is 30.2 Å². The second kappa shape index (κ2) is 4.07. The number of hydrogen-bond acceptors (Lipinski definition) is 4. The van der Waals surface area contributed by atoms with Crippen LogP contribution in [0, 0.1) is 13.8 Å². The smallest absolute Gasteiger partial charge is 0.164 e. The van der Waals surface area contributed by atoms with Crippen molar-refractivity contribution in [3.63, 3.8) is 0 Å². The van der Waals surface area contributed by atoms with Crippen molar-refractivity contribution in [2.24, 2.45) is 0 Å². The molecular formula is C12H17N5. The maximum atomic E-state index is 4.45. The molecule has 5 heteroatoms. The summed E-state index contributed by atoms with van der Waals surface area (Å²) in [6.45, 7) is 4.95. The average Bonchev–Trinajstić information content (AvgIpc) is 3.00. The van der Waals surface area contributed by atoms with Gasteiger partial charge in [0.25, 0.3) is 0 Å². The summed E-state index contributed by atoms with van der Waals surface area (Å²) in [6, 6.07) is 2.72. The van der Waals surface area contributed by atoms with Crippen molar-refractivity contribution in [1.82, 2.24) is 24.9 Å². The van der Waals surface area contributed by atoms with Crippen molar-refractivity contribution in [3.8, 4) is 0 Å². The number of aryl methyl sites for hydroxylation is 2. The van der Waals surface area contributed by atoms with Crippen LogP contribution < -0.4 is 5.32 Å². The Bertz CT molecular complexity index is 541. The van der Waals surface area contributed by atoms with Crippen molar-refractivity contribution in [2.45, 2.75) is 39.2 Å². The Labute approximate surface area is 100 Å². The number of aromatic nitrogens is 4. The molecular weight excluding hydrogens is 214 g/mol. The van der Waals surface area contributed by atoms with E-state index >= 15 is 0 Å². The molecule has 0 unspecified atom stereocenters. The van der Waals surface area contributed by atoms with Crippen molar-refractivity contribution < 1.29 is 0 Å². The standard InChI is InChI=1S/C12H17N5/c1-8-7-12-16-15-11(17(12)9(2)14-8)5-6-13-10-3-4-10/h7,10,13H,3-6H2,1-2H3. The van der Waals surface area contributed by atoms with Crippen molar-refractivity contribution in [3.05, 3.63) is 23.4 Å². The van der Waals surface area contributed by atoms with E-state index in [2.05, 4.69) is 20.5 Å². The summed E-state index contributed by atoms with van der Waals surface area (Å²) < 4.78 is 2.04. The van der Waals surface area contributed by atoms with E-state index in [1.807, 2.05) is 24.3 Å². The molecule has 0 aliphatic heterocycles. The number of fused-ring (bicyclic) bond motifs is 1. The van der Waals surface area contributed by atoms with E-state index in [9.17, 15) is 0 Å². The first-order chi connectivity index (χ1) is 8.24. The first-order valence-corrected chi connectivity index (χ1v) is 6.15. The highest BCUT2D eigenvalue weighted by molar-refractivity contribution is 5.39. The van der Waals surface area contributed by atoms with Gasteiger partial charge in [0.1, 0.15) is 11.6 Å². The summed E-state index contributed by atoms with van der Waals surface area (Å²) in [4.78, 5) is 4.45. The molecule has 0 spiro atoms. The third-order valence-electron chi connectivity index (χ3n) is 3.11. The van der Waals surface area contributed by atoms with Crippen molar-refractivity contribution >= 4 is 5.65 Å². The first kappa shape index (κ1) is 10.7. The Morgan fingerprint density at radius 1 is 1.35 bits per heavy atom. The lowest BCUT2D eigenvalue weighted by molar-refractivity contribution is 0.660. The quantitative estimate of drug-likeness (QED) is 0.854. The van der Waals surface area contributed by atoms with E-state index in [1.54, 1.807) is 0 Å². The van der Waals surface area contributed by atoms with Gasteiger partial charge in [-0.25, -0.2) is 4.98 Å². The largest absolute Gasteiger partial charge is 0.314 e. The molecule has 1 saturated carbocycles. The zero-order valence-corrected chi connectivity index (χ0v) is 10.3. The highest BCUT2D eigenvalue weighted by Crippen LogP contribution is 2.18. The second-order valence-corrected chi connectivity index (χ2v) is 4.73. The maximum absolute atomic E-state index is 4.45. The molecule has 1 aliphatic carbocycles. The van der Waals surface area contributed by atoms with Gasteiger partial charge in [-0.05, 0) is 26.7 Å². The summed E-state index contributed by atoms with van der Waals surface area (Å²) in [7, 11) is 0. The van der Waals surface area contributed by atoms with Gasteiger partial charge in [0.05, 0.1) is 0 Å². The van der Waals surface area contributed by atoms with Gasteiger partial charge in [0, 0.05) is 30.8 Å². The Morgan fingerprint density at radius 2 is 2.18 bits per heavy atom. The number of hydrogen-bond donors (Lipinski definition) is 1. The van der Waals surface area contributed by atoms with Gasteiger partial charge < -0.3 is 5.32 Å². The maximum Gasteiger partial charge on any atom is 0.164 e. The minimum Gasteiger partial charge on any atom is -0.314 e. The van der Waals surface area contributed by atoms with E-state index in [1.165, 1.54) is 12.8 Å². The molecule has 2 heterocycles. The van der Waals surface area contributed by atoms with Gasteiger partial charge in [0.2, 0.25) is 0 Å². The molecule has 1 N–H and O–H groups in total. The summed E-state index contributed by atoms with van der Waals surface area (Å²) >= 11 is 0. The zero-order valence-electron chi connectivity index (χ0n) is 10.3. The lowest BCUT2D eigenvalue weighted by Crippen LogP contribution is -2.20. The van der Waals surface area contributed by atoms with Gasteiger partial charge in [-0.1, -0.05) is 0 Å².